The molecule has 0 bridgehead atoms. The summed E-state index contributed by atoms with van der Waals surface area (Å²) in [5, 5.41) is 18.3. The minimum Gasteiger partial charge on any atom is -0.310 e. The van der Waals surface area contributed by atoms with Crippen LogP contribution in [0.4, 0.5) is 17.1 Å². The van der Waals surface area contributed by atoms with Gasteiger partial charge in [-0.25, -0.2) is 0 Å². The summed E-state index contributed by atoms with van der Waals surface area (Å²) in [6.07, 6.45) is 0. The Morgan fingerprint density at radius 1 is 0.300 bits per heavy atom. The molecule has 0 amide bonds. The maximum Gasteiger partial charge on any atom is 0.252 e. The first kappa shape index (κ1) is 47.6. The summed E-state index contributed by atoms with van der Waals surface area (Å²) >= 11 is 0. The van der Waals surface area contributed by atoms with Crippen molar-refractivity contribution in [3.05, 3.63) is 204 Å². The molecule has 2 aliphatic rings. The molecule has 0 saturated heterocycles. The smallest absolute Gasteiger partial charge is 0.252 e. The number of para-hydroxylation sites is 2. The molecule has 16 rings (SSSR count). The van der Waals surface area contributed by atoms with Crippen LogP contribution in [0.5, 0.6) is 0 Å². The van der Waals surface area contributed by atoms with Gasteiger partial charge in [-0.05, 0) is 171 Å². The summed E-state index contributed by atoms with van der Waals surface area (Å²) in [6.45, 7) is 28.5. The fraction of sp³-hybridized carbons (Fsp3) is 0.211. The summed E-state index contributed by atoms with van der Waals surface area (Å²) in [5.41, 5.74) is 20.6. The van der Waals surface area contributed by atoms with E-state index >= 15 is 0 Å². The number of nitrogens with zero attached hydrogens (tertiary/aromatic N) is 3. The molecule has 388 valence electrons. The van der Waals surface area contributed by atoms with Crippen molar-refractivity contribution in [2.24, 2.45) is 0 Å². The average Bonchev–Trinajstić information content (AvgIpc) is 4.13. The predicted octanol–water partition coefficient (Wildman–Crippen LogP) is 18.9. The summed E-state index contributed by atoms with van der Waals surface area (Å²) in [5.74, 6) is 0. The number of fused-ring (bicyclic) bond motifs is 18. The number of benzene rings is 12. The molecule has 2 aliphatic heterocycles. The van der Waals surface area contributed by atoms with Crippen molar-refractivity contribution in [3.8, 4) is 11.4 Å². The van der Waals surface area contributed by atoms with E-state index in [1.54, 1.807) is 0 Å². The topological polar surface area (TPSA) is 13.1 Å². The van der Waals surface area contributed by atoms with Gasteiger partial charge in [-0.3, -0.25) is 0 Å². The van der Waals surface area contributed by atoms with Gasteiger partial charge < -0.3 is 14.0 Å². The Kier molecular flexibility index (Phi) is 9.37. The standard InChI is InChI=1S/C76H66BN3/c1-73(2,3)43-31-33-62-54(35-43)58-37-45(75(7,8)9)39-60-69(58)79(62)71-65-52-29-21-19-27-50(52)56-41-49(78(47-23-15-13-16-24-47)48-25-17-14-18-26-48)42-57-51-28-20-22-30-53(51)66(67(65)64(56)57)72-68(71)77(60)61-40-46(76(10,11)12)38-59-55-36-44(74(4,5)6)32-34-63(55)80(72)70(59)61/h13-42H,1-12H3. The van der Waals surface area contributed by atoms with Crippen LogP contribution < -0.4 is 21.3 Å². The zero-order valence-electron chi connectivity index (χ0n) is 48.2. The van der Waals surface area contributed by atoms with Crippen LogP contribution in [0.3, 0.4) is 0 Å². The largest absolute Gasteiger partial charge is 0.310 e. The van der Waals surface area contributed by atoms with Gasteiger partial charge in [0.05, 0.1) is 22.4 Å². The molecule has 0 fully saturated rings. The van der Waals surface area contributed by atoms with Crippen LogP contribution in [0.2, 0.25) is 0 Å². The van der Waals surface area contributed by atoms with Crippen molar-refractivity contribution in [2.75, 3.05) is 4.90 Å². The van der Waals surface area contributed by atoms with E-state index in [1.165, 1.54) is 147 Å². The molecule has 0 unspecified atom stereocenters. The minimum atomic E-state index is -0.103. The van der Waals surface area contributed by atoms with Gasteiger partial charge in [0.1, 0.15) is 0 Å². The van der Waals surface area contributed by atoms with E-state index in [9.17, 15) is 0 Å². The third-order valence-electron chi connectivity index (χ3n) is 18.7. The normalized spacial score (nSPS) is 13.7. The molecule has 4 heterocycles. The Morgan fingerprint density at radius 3 is 1.07 bits per heavy atom. The van der Waals surface area contributed by atoms with Gasteiger partial charge in [0, 0.05) is 65.8 Å². The first-order chi connectivity index (χ1) is 38.3. The van der Waals surface area contributed by atoms with Crippen molar-refractivity contribution in [1.82, 2.24) is 9.13 Å². The molecule has 0 radical (unpaired) electrons. The molecule has 0 atom stereocenters. The van der Waals surface area contributed by atoms with Crippen molar-refractivity contribution in [1.29, 1.82) is 0 Å². The van der Waals surface area contributed by atoms with Crippen LogP contribution in [0.1, 0.15) is 105 Å². The van der Waals surface area contributed by atoms with Gasteiger partial charge in [0.15, 0.2) is 0 Å². The van der Waals surface area contributed by atoms with Crippen LogP contribution in [0.15, 0.2) is 182 Å². The maximum atomic E-state index is 2.77. The van der Waals surface area contributed by atoms with E-state index in [4.69, 9.17) is 0 Å². The van der Waals surface area contributed by atoms with Gasteiger partial charge in [-0.15, -0.1) is 0 Å². The van der Waals surface area contributed by atoms with E-state index in [0.29, 0.717) is 0 Å². The zero-order valence-corrected chi connectivity index (χ0v) is 48.2. The van der Waals surface area contributed by atoms with E-state index in [-0.39, 0.29) is 28.4 Å². The second kappa shape index (κ2) is 15.7. The second-order valence-corrected chi connectivity index (χ2v) is 27.7. The molecule has 80 heavy (non-hydrogen) atoms. The molecule has 14 aromatic rings. The number of hydrogen-bond acceptors (Lipinski definition) is 1. The van der Waals surface area contributed by atoms with Crippen molar-refractivity contribution >= 4 is 138 Å². The second-order valence-electron chi connectivity index (χ2n) is 27.7. The average molecular weight is 1030 g/mol. The number of hydrogen-bond donors (Lipinski definition) is 0. The predicted molar refractivity (Wildman–Crippen MR) is 348 cm³/mol. The highest BCUT2D eigenvalue weighted by atomic mass is 15.1. The Hall–Kier alpha value is -8.34. The van der Waals surface area contributed by atoms with Crippen LogP contribution in [-0.4, -0.2) is 15.8 Å². The van der Waals surface area contributed by atoms with Crippen molar-refractivity contribution in [3.63, 3.8) is 0 Å². The highest BCUT2D eigenvalue weighted by molar-refractivity contribution is 7.01. The fourth-order valence-corrected chi connectivity index (χ4v) is 14.7. The summed E-state index contributed by atoms with van der Waals surface area (Å²) in [4.78, 5) is 2.45. The maximum absolute atomic E-state index is 2.77. The molecular weight excluding hydrogens is 966 g/mol. The molecule has 3 nitrogen and oxygen atoms in total. The molecule has 12 aromatic carbocycles. The van der Waals surface area contributed by atoms with E-state index in [2.05, 4.69) is 279 Å². The lowest BCUT2D eigenvalue weighted by Gasteiger charge is -2.38. The summed E-state index contributed by atoms with van der Waals surface area (Å²) in [6, 6.07) is 70.9. The molecule has 2 aromatic heterocycles. The first-order valence-electron chi connectivity index (χ1n) is 29.0. The lowest BCUT2D eigenvalue weighted by atomic mass is 9.33. The Morgan fingerprint density at radius 2 is 0.675 bits per heavy atom. The molecular formula is C76H66BN3. The van der Waals surface area contributed by atoms with Crippen molar-refractivity contribution in [2.45, 2.75) is 105 Å². The highest BCUT2D eigenvalue weighted by Gasteiger charge is 2.45. The van der Waals surface area contributed by atoms with Crippen LogP contribution in [0.25, 0.3) is 109 Å². The quantitative estimate of drug-likeness (QED) is 0.0976. The van der Waals surface area contributed by atoms with E-state index < -0.39 is 0 Å². The third-order valence-corrected chi connectivity index (χ3v) is 18.7. The lowest BCUT2D eigenvalue weighted by molar-refractivity contribution is 0.590. The molecule has 0 aliphatic carbocycles. The third kappa shape index (κ3) is 6.34. The SMILES string of the molecule is CC(C)(C)c1ccc2c(c1)c1cc(C(C)(C)C)cc3c1n2-c1c2c(c4c5ccccc5c5cc(N(c6ccccc6)c6ccccc6)cc6c7ccccc7c1c4c65)-n1c4ccc(C(C)(C)C)cc4c4cc(C(C)(C)C)cc(c41)B23. The van der Waals surface area contributed by atoms with Crippen LogP contribution in [-0.2, 0) is 21.7 Å². The van der Waals surface area contributed by atoms with Crippen molar-refractivity contribution < 1.29 is 0 Å². The number of rotatable bonds is 3. The van der Waals surface area contributed by atoms with Gasteiger partial charge in [-0.2, -0.15) is 0 Å². The lowest BCUT2D eigenvalue weighted by Crippen LogP contribution is -2.60. The highest BCUT2D eigenvalue weighted by Crippen LogP contribution is 2.54. The van der Waals surface area contributed by atoms with E-state index in [0.717, 1.165) is 17.1 Å². The van der Waals surface area contributed by atoms with Gasteiger partial charge in [0.2, 0.25) is 0 Å². The van der Waals surface area contributed by atoms with Crippen LogP contribution in [0, 0.1) is 0 Å². The van der Waals surface area contributed by atoms with Gasteiger partial charge in [0.25, 0.3) is 6.71 Å². The first-order valence-corrected chi connectivity index (χ1v) is 29.0. The Balaban J connectivity index is 1.21. The fourth-order valence-electron chi connectivity index (χ4n) is 14.7. The minimum absolute atomic E-state index is 0.0345. The van der Waals surface area contributed by atoms with E-state index in [1.807, 2.05) is 0 Å². The molecule has 0 spiro atoms. The Labute approximate surface area is 469 Å². The summed E-state index contributed by atoms with van der Waals surface area (Å²) < 4.78 is 5.54. The van der Waals surface area contributed by atoms with Gasteiger partial charge in [-0.1, -0.05) is 192 Å². The van der Waals surface area contributed by atoms with Gasteiger partial charge >= 0.3 is 0 Å². The molecule has 0 saturated carbocycles. The van der Waals surface area contributed by atoms with Crippen LogP contribution >= 0.6 is 0 Å². The Bertz CT molecular complexity index is 4720. The number of aromatic nitrogens is 2. The molecule has 0 N–H and O–H groups in total. The number of anilines is 3. The summed E-state index contributed by atoms with van der Waals surface area (Å²) in [7, 11) is 0. The zero-order chi connectivity index (χ0) is 54.8. The molecule has 4 heteroatoms. The monoisotopic (exact) mass is 1030 g/mol.